The highest BCUT2D eigenvalue weighted by molar-refractivity contribution is 5.97. The van der Waals surface area contributed by atoms with E-state index in [0.717, 1.165) is 17.0 Å². The molecule has 5 nitrogen and oxygen atoms in total. The Hall–Kier alpha value is -1.59. The van der Waals surface area contributed by atoms with E-state index in [0.29, 0.717) is 13.1 Å². The zero-order valence-electron chi connectivity index (χ0n) is 11.6. The van der Waals surface area contributed by atoms with Gasteiger partial charge in [-0.25, -0.2) is 0 Å². The van der Waals surface area contributed by atoms with Crippen LogP contribution in [0.25, 0.3) is 0 Å². The van der Waals surface area contributed by atoms with Crippen molar-refractivity contribution in [2.75, 3.05) is 25.1 Å². The van der Waals surface area contributed by atoms with Gasteiger partial charge in [-0.3, -0.25) is 4.79 Å². The van der Waals surface area contributed by atoms with Crippen LogP contribution in [0.3, 0.4) is 0 Å². The summed E-state index contributed by atoms with van der Waals surface area (Å²) in [6.07, 6.45) is 0. The van der Waals surface area contributed by atoms with Crippen LogP contribution in [-0.2, 0) is 11.3 Å². The number of likely N-dealkylation sites (N-methyl/N-ethyl adjacent to an activating group) is 1. The van der Waals surface area contributed by atoms with Gasteiger partial charge in [-0.1, -0.05) is 6.07 Å². The van der Waals surface area contributed by atoms with Crippen molar-refractivity contribution in [2.45, 2.75) is 26.0 Å². The number of hydrogen-bond acceptors (Lipinski definition) is 4. The zero-order chi connectivity index (χ0) is 14.0. The first-order chi connectivity index (χ1) is 8.87. The number of nitrogens with zero attached hydrogens (tertiary/aromatic N) is 1. The molecule has 0 aliphatic carbocycles. The highest BCUT2D eigenvalue weighted by Gasteiger charge is 2.22. The van der Waals surface area contributed by atoms with E-state index < -0.39 is 5.60 Å². The quantitative estimate of drug-likeness (QED) is 0.848. The largest absolute Gasteiger partial charge is 0.482 e. The van der Waals surface area contributed by atoms with Gasteiger partial charge in [-0.05, 0) is 31.5 Å². The van der Waals surface area contributed by atoms with Crippen LogP contribution in [0.15, 0.2) is 18.2 Å². The number of hydrogen-bond donors (Lipinski definition) is 2. The average Bonchev–Trinajstić information content (AvgIpc) is 2.33. The molecule has 2 rings (SSSR count). The summed E-state index contributed by atoms with van der Waals surface area (Å²) >= 11 is 0. The van der Waals surface area contributed by atoms with Gasteiger partial charge in [0.1, 0.15) is 5.75 Å². The third kappa shape index (κ3) is 3.45. The first-order valence-corrected chi connectivity index (χ1v) is 6.32. The Morgan fingerprint density at radius 1 is 1.47 bits per heavy atom. The molecule has 0 unspecified atom stereocenters. The number of benzene rings is 1. The minimum Gasteiger partial charge on any atom is -0.482 e. The first kappa shape index (κ1) is 13.8. The van der Waals surface area contributed by atoms with E-state index in [-0.39, 0.29) is 12.5 Å². The SMILES string of the molecule is CN1C(=O)COc2ccc(CNCC(C)(C)O)cc21. The topological polar surface area (TPSA) is 61.8 Å². The molecule has 5 heteroatoms. The Morgan fingerprint density at radius 3 is 2.89 bits per heavy atom. The van der Waals surface area contributed by atoms with E-state index in [4.69, 9.17) is 4.74 Å². The number of fused-ring (bicyclic) bond motifs is 1. The molecule has 0 atom stereocenters. The van der Waals surface area contributed by atoms with Gasteiger partial charge < -0.3 is 20.1 Å². The van der Waals surface area contributed by atoms with Crippen molar-refractivity contribution >= 4 is 11.6 Å². The second kappa shape index (κ2) is 5.19. The summed E-state index contributed by atoms with van der Waals surface area (Å²) in [5.41, 5.74) is 1.11. The minimum absolute atomic E-state index is 0.0471. The van der Waals surface area contributed by atoms with E-state index >= 15 is 0 Å². The normalized spacial score (nSPS) is 15.2. The van der Waals surface area contributed by atoms with E-state index in [1.54, 1.807) is 25.8 Å². The Balaban J connectivity index is 2.06. The average molecular weight is 264 g/mol. The number of rotatable bonds is 4. The molecule has 1 aliphatic rings. The predicted molar refractivity (Wildman–Crippen MR) is 73.4 cm³/mol. The molecule has 2 N–H and O–H groups in total. The Morgan fingerprint density at radius 2 is 2.21 bits per heavy atom. The van der Waals surface area contributed by atoms with Crippen LogP contribution in [-0.4, -0.2) is 36.8 Å². The summed E-state index contributed by atoms with van der Waals surface area (Å²) in [6, 6.07) is 5.77. The van der Waals surface area contributed by atoms with E-state index in [2.05, 4.69) is 5.32 Å². The highest BCUT2D eigenvalue weighted by Crippen LogP contribution is 2.31. The summed E-state index contributed by atoms with van der Waals surface area (Å²) in [7, 11) is 1.75. The Bertz CT molecular complexity index is 480. The molecule has 0 bridgehead atoms. The number of ether oxygens (including phenoxy) is 1. The Kier molecular flexibility index (Phi) is 3.78. The van der Waals surface area contributed by atoms with Crippen molar-refractivity contribution in [1.29, 1.82) is 0 Å². The summed E-state index contributed by atoms with van der Waals surface area (Å²) in [4.78, 5) is 13.2. The standard InChI is InChI=1S/C14H20N2O3/c1-14(2,18)9-15-7-10-4-5-12-11(6-10)16(3)13(17)8-19-12/h4-6,15,18H,7-9H2,1-3H3. The molecule has 1 amide bonds. The van der Waals surface area contributed by atoms with Gasteiger partial charge in [-0.15, -0.1) is 0 Å². The van der Waals surface area contributed by atoms with Crippen molar-refractivity contribution in [3.05, 3.63) is 23.8 Å². The van der Waals surface area contributed by atoms with Gasteiger partial charge in [-0.2, -0.15) is 0 Å². The second-order valence-corrected chi connectivity index (χ2v) is 5.46. The summed E-state index contributed by atoms with van der Waals surface area (Å²) in [5, 5.41) is 12.8. The van der Waals surface area contributed by atoms with Gasteiger partial charge >= 0.3 is 0 Å². The van der Waals surface area contributed by atoms with Crippen LogP contribution in [0.5, 0.6) is 5.75 Å². The molecule has 0 spiro atoms. The fraction of sp³-hybridized carbons (Fsp3) is 0.500. The lowest BCUT2D eigenvalue weighted by atomic mass is 10.1. The fourth-order valence-corrected chi connectivity index (χ4v) is 1.94. The van der Waals surface area contributed by atoms with Crippen LogP contribution < -0.4 is 15.0 Å². The van der Waals surface area contributed by atoms with Crippen molar-refractivity contribution in [3.8, 4) is 5.75 Å². The third-order valence-corrected chi connectivity index (χ3v) is 3.00. The molecule has 0 fully saturated rings. The maximum Gasteiger partial charge on any atom is 0.264 e. The molecule has 0 aromatic heterocycles. The monoisotopic (exact) mass is 264 g/mol. The highest BCUT2D eigenvalue weighted by atomic mass is 16.5. The predicted octanol–water partition coefficient (Wildman–Crippen LogP) is 0.902. The number of aliphatic hydroxyl groups is 1. The molecule has 1 aromatic carbocycles. The van der Waals surface area contributed by atoms with E-state index in [1.807, 2.05) is 18.2 Å². The lowest BCUT2D eigenvalue weighted by Crippen LogP contribution is -2.36. The zero-order valence-corrected chi connectivity index (χ0v) is 11.6. The fourth-order valence-electron chi connectivity index (χ4n) is 1.94. The van der Waals surface area contributed by atoms with Crippen molar-refractivity contribution in [1.82, 2.24) is 5.32 Å². The maximum atomic E-state index is 11.6. The van der Waals surface area contributed by atoms with Crippen molar-refractivity contribution in [3.63, 3.8) is 0 Å². The van der Waals surface area contributed by atoms with Gasteiger partial charge in [0.15, 0.2) is 6.61 Å². The lowest BCUT2D eigenvalue weighted by Gasteiger charge is -2.26. The molecule has 1 heterocycles. The van der Waals surface area contributed by atoms with Crippen molar-refractivity contribution in [2.24, 2.45) is 0 Å². The van der Waals surface area contributed by atoms with Gasteiger partial charge in [0.25, 0.3) is 5.91 Å². The smallest absolute Gasteiger partial charge is 0.264 e. The van der Waals surface area contributed by atoms with Gasteiger partial charge in [0, 0.05) is 20.1 Å². The van der Waals surface area contributed by atoms with Crippen LogP contribution in [0.4, 0.5) is 5.69 Å². The molecular formula is C14H20N2O3. The Labute approximate surface area is 113 Å². The molecule has 0 saturated heterocycles. The number of amides is 1. The number of carbonyl (C=O) groups is 1. The van der Waals surface area contributed by atoms with Crippen LogP contribution in [0, 0.1) is 0 Å². The minimum atomic E-state index is -0.732. The van der Waals surface area contributed by atoms with Gasteiger partial charge in [0.2, 0.25) is 0 Å². The van der Waals surface area contributed by atoms with Crippen LogP contribution >= 0.6 is 0 Å². The summed E-state index contributed by atoms with van der Waals surface area (Å²) in [6.45, 7) is 4.76. The molecule has 104 valence electrons. The van der Waals surface area contributed by atoms with Crippen LogP contribution in [0.1, 0.15) is 19.4 Å². The van der Waals surface area contributed by atoms with Crippen molar-refractivity contribution < 1.29 is 14.6 Å². The molecule has 1 aliphatic heterocycles. The number of carbonyl (C=O) groups excluding carboxylic acids is 1. The molecular weight excluding hydrogens is 244 g/mol. The molecule has 19 heavy (non-hydrogen) atoms. The van der Waals surface area contributed by atoms with Crippen LogP contribution in [0.2, 0.25) is 0 Å². The summed E-state index contributed by atoms with van der Waals surface area (Å²) < 4.78 is 5.37. The summed E-state index contributed by atoms with van der Waals surface area (Å²) in [5.74, 6) is 0.683. The number of anilines is 1. The molecule has 1 aromatic rings. The number of nitrogens with one attached hydrogen (secondary N) is 1. The third-order valence-electron chi connectivity index (χ3n) is 3.00. The lowest BCUT2D eigenvalue weighted by molar-refractivity contribution is -0.120. The van der Waals surface area contributed by atoms with E-state index in [9.17, 15) is 9.90 Å². The maximum absolute atomic E-state index is 11.6. The molecule has 0 radical (unpaired) electrons. The van der Waals surface area contributed by atoms with Gasteiger partial charge in [0.05, 0.1) is 11.3 Å². The van der Waals surface area contributed by atoms with E-state index in [1.165, 1.54) is 0 Å². The molecule has 0 saturated carbocycles. The first-order valence-electron chi connectivity index (χ1n) is 6.32. The second-order valence-electron chi connectivity index (χ2n) is 5.46.